The molecule has 2 rings (SSSR count). The van der Waals surface area contributed by atoms with E-state index in [9.17, 15) is 0 Å². The zero-order valence-electron chi connectivity index (χ0n) is 11.6. The maximum absolute atomic E-state index is 5.43. The second-order valence-corrected chi connectivity index (χ2v) is 5.34. The molecular formula is C15H19BrN2O. The van der Waals surface area contributed by atoms with Gasteiger partial charge in [-0.15, -0.1) is 0 Å². The third-order valence-corrected chi connectivity index (χ3v) is 3.90. The van der Waals surface area contributed by atoms with Crippen LogP contribution in [0.2, 0.25) is 0 Å². The number of H-pyrrole nitrogens is 1. The molecule has 0 fully saturated rings. The van der Waals surface area contributed by atoms with E-state index in [0.29, 0.717) is 0 Å². The van der Waals surface area contributed by atoms with Crippen molar-refractivity contribution in [1.82, 2.24) is 9.97 Å². The predicted molar refractivity (Wildman–Crippen MR) is 80.8 cm³/mol. The number of halogens is 1. The molecule has 0 aliphatic carbocycles. The smallest absolute Gasteiger partial charge is 0.127 e. The summed E-state index contributed by atoms with van der Waals surface area (Å²) in [5, 5.41) is 0. The molecular weight excluding hydrogens is 304 g/mol. The molecule has 0 aliphatic rings. The van der Waals surface area contributed by atoms with Gasteiger partial charge in [0, 0.05) is 5.69 Å². The van der Waals surface area contributed by atoms with E-state index in [1.165, 1.54) is 11.1 Å². The van der Waals surface area contributed by atoms with Crippen LogP contribution in [0.1, 0.15) is 29.6 Å². The molecule has 0 spiro atoms. The predicted octanol–water partition coefficient (Wildman–Crippen LogP) is 3.84. The number of nitrogens with one attached hydrogen (secondary N) is 1. The molecule has 0 atom stereocenters. The second kappa shape index (κ2) is 6.24. The number of aryl methyl sites for hydroxylation is 4. The van der Waals surface area contributed by atoms with Gasteiger partial charge >= 0.3 is 0 Å². The highest BCUT2D eigenvalue weighted by atomic mass is 79.9. The third kappa shape index (κ3) is 3.38. The fourth-order valence-electron chi connectivity index (χ4n) is 2.19. The number of rotatable bonds is 5. The molecule has 3 nitrogen and oxygen atoms in total. The molecule has 0 bridgehead atoms. The van der Waals surface area contributed by atoms with Gasteiger partial charge in [-0.1, -0.05) is 19.1 Å². The zero-order chi connectivity index (χ0) is 13.8. The molecule has 0 radical (unpaired) electrons. The standard InChI is InChI=1S/C15H19BrN2O/c1-4-11-5-8-14(19-3)12(9-11)6-7-13-15(16)18-10(2)17-13/h5,8-9H,4,6-7H2,1-3H3,(H,17,18). The van der Waals surface area contributed by atoms with E-state index in [0.717, 1.165) is 41.1 Å². The van der Waals surface area contributed by atoms with Crippen LogP contribution >= 0.6 is 15.9 Å². The fraction of sp³-hybridized carbons (Fsp3) is 0.400. The van der Waals surface area contributed by atoms with Crippen LogP contribution in [0.3, 0.4) is 0 Å². The Hall–Kier alpha value is -1.29. The van der Waals surface area contributed by atoms with Gasteiger partial charge in [-0.25, -0.2) is 4.98 Å². The van der Waals surface area contributed by atoms with Crippen LogP contribution in [0.4, 0.5) is 0 Å². The van der Waals surface area contributed by atoms with Crippen molar-refractivity contribution >= 4 is 15.9 Å². The van der Waals surface area contributed by atoms with Crippen LogP contribution < -0.4 is 4.74 Å². The monoisotopic (exact) mass is 322 g/mol. The molecule has 1 N–H and O–H groups in total. The van der Waals surface area contributed by atoms with Crippen LogP contribution in [-0.2, 0) is 19.3 Å². The number of aromatic amines is 1. The molecule has 0 amide bonds. The minimum Gasteiger partial charge on any atom is -0.496 e. The van der Waals surface area contributed by atoms with E-state index in [4.69, 9.17) is 4.74 Å². The summed E-state index contributed by atoms with van der Waals surface area (Å²) in [5.74, 6) is 1.90. The van der Waals surface area contributed by atoms with Gasteiger partial charge in [-0.3, -0.25) is 0 Å². The Morgan fingerprint density at radius 3 is 2.68 bits per heavy atom. The highest BCUT2D eigenvalue weighted by Crippen LogP contribution is 2.23. The van der Waals surface area contributed by atoms with Crippen LogP contribution in [0.25, 0.3) is 0 Å². The Morgan fingerprint density at radius 1 is 1.32 bits per heavy atom. The van der Waals surface area contributed by atoms with E-state index in [1.807, 2.05) is 6.92 Å². The van der Waals surface area contributed by atoms with Crippen molar-refractivity contribution in [3.05, 3.63) is 45.4 Å². The Kier molecular flexibility index (Phi) is 4.64. The molecule has 19 heavy (non-hydrogen) atoms. The first-order valence-electron chi connectivity index (χ1n) is 6.50. The van der Waals surface area contributed by atoms with E-state index in [-0.39, 0.29) is 0 Å². The van der Waals surface area contributed by atoms with Gasteiger partial charge in [0.2, 0.25) is 0 Å². The lowest BCUT2D eigenvalue weighted by atomic mass is 10.0. The second-order valence-electron chi connectivity index (χ2n) is 4.59. The van der Waals surface area contributed by atoms with Crippen molar-refractivity contribution in [3.8, 4) is 5.75 Å². The van der Waals surface area contributed by atoms with Crippen LogP contribution in [0, 0.1) is 6.92 Å². The van der Waals surface area contributed by atoms with Crippen LogP contribution in [-0.4, -0.2) is 17.1 Å². The SMILES string of the molecule is CCc1ccc(OC)c(CCc2[nH]c(C)nc2Br)c1. The lowest BCUT2D eigenvalue weighted by Crippen LogP contribution is -1.98. The normalized spacial score (nSPS) is 10.7. The van der Waals surface area contributed by atoms with Crippen molar-refractivity contribution in [2.75, 3.05) is 7.11 Å². The number of ether oxygens (including phenoxy) is 1. The Morgan fingerprint density at radius 2 is 2.11 bits per heavy atom. The summed E-state index contributed by atoms with van der Waals surface area (Å²) in [6.07, 6.45) is 2.91. The minimum absolute atomic E-state index is 0.913. The minimum atomic E-state index is 0.913. The molecule has 2 aromatic rings. The zero-order valence-corrected chi connectivity index (χ0v) is 13.2. The Bertz CT molecular complexity index is 563. The average molecular weight is 323 g/mol. The van der Waals surface area contributed by atoms with Gasteiger partial charge in [-0.2, -0.15) is 0 Å². The molecule has 1 aromatic carbocycles. The lowest BCUT2D eigenvalue weighted by Gasteiger charge is -2.10. The molecule has 0 unspecified atom stereocenters. The average Bonchev–Trinajstić information content (AvgIpc) is 2.74. The van der Waals surface area contributed by atoms with E-state index < -0.39 is 0 Å². The summed E-state index contributed by atoms with van der Waals surface area (Å²) >= 11 is 3.48. The van der Waals surface area contributed by atoms with Gasteiger partial charge < -0.3 is 9.72 Å². The van der Waals surface area contributed by atoms with E-state index in [2.05, 4.69) is 51.0 Å². The number of aromatic nitrogens is 2. The van der Waals surface area contributed by atoms with Gasteiger partial charge in [0.25, 0.3) is 0 Å². The molecule has 0 aliphatic heterocycles. The lowest BCUT2D eigenvalue weighted by molar-refractivity contribution is 0.409. The number of imidazole rings is 1. The van der Waals surface area contributed by atoms with Crippen LogP contribution in [0.5, 0.6) is 5.75 Å². The number of benzene rings is 1. The summed E-state index contributed by atoms with van der Waals surface area (Å²) in [5.41, 5.74) is 3.73. The molecule has 4 heteroatoms. The van der Waals surface area contributed by atoms with Crippen molar-refractivity contribution in [1.29, 1.82) is 0 Å². The highest BCUT2D eigenvalue weighted by molar-refractivity contribution is 9.10. The van der Waals surface area contributed by atoms with Crippen molar-refractivity contribution in [3.63, 3.8) is 0 Å². The van der Waals surface area contributed by atoms with Crippen molar-refractivity contribution in [2.24, 2.45) is 0 Å². The van der Waals surface area contributed by atoms with E-state index >= 15 is 0 Å². The third-order valence-electron chi connectivity index (χ3n) is 3.24. The summed E-state index contributed by atoms with van der Waals surface area (Å²) in [6, 6.07) is 6.41. The summed E-state index contributed by atoms with van der Waals surface area (Å²) in [7, 11) is 1.72. The van der Waals surface area contributed by atoms with Crippen molar-refractivity contribution in [2.45, 2.75) is 33.1 Å². The van der Waals surface area contributed by atoms with Gasteiger partial charge in [-0.05, 0) is 59.3 Å². The number of hydrogen-bond donors (Lipinski definition) is 1. The van der Waals surface area contributed by atoms with E-state index in [1.54, 1.807) is 7.11 Å². The topological polar surface area (TPSA) is 37.9 Å². The number of hydrogen-bond acceptors (Lipinski definition) is 2. The molecule has 0 saturated carbocycles. The number of nitrogens with zero attached hydrogens (tertiary/aromatic N) is 1. The molecule has 102 valence electrons. The summed E-state index contributed by atoms with van der Waals surface area (Å²) in [4.78, 5) is 7.61. The van der Waals surface area contributed by atoms with Crippen molar-refractivity contribution < 1.29 is 4.74 Å². The molecule has 0 saturated heterocycles. The first kappa shape index (κ1) is 14.1. The van der Waals surface area contributed by atoms with Crippen LogP contribution in [0.15, 0.2) is 22.8 Å². The Labute approximate surface area is 122 Å². The maximum atomic E-state index is 5.43. The first-order valence-corrected chi connectivity index (χ1v) is 7.30. The van der Waals surface area contributed by atoms with Gasteiger partial charge in [0.1, 0.15) is 16.2 Å². The highest BCUT2D eigenvalue weighted by Gasteiger charge is 2.08. The molecule has 1 heterocycles. The summed E-state index contributed by atoms with van der Waals surface area (Å²) < 4.78 is 6.34. The fourth-order valence-corrected chi connectivity index (χ4v) is 2.75. The summed E-state index contributed by atoms with van der Waals surface area (Å²) in [6.45, 7) is 4.13. The Balaban J connectivity index is 2.16. The van der Waals surface area contributed by atoms with Gasteiger partial charge in [0.05, 0.1) is 7.11 Å². The quantitative estimate of drug-likeness (QED) is 0.908. The van der Waals surface area contributed by atoms with Gasteiger partial charge in [0.15, 0.2) is 0 Å². The largest absolute Gasteiger partial charge is 0.496 e. The maximum Gasteiger partial charge on any atom is 0.127 e. The first-order chi connectivity index (χ1) is 9.13. The number of methoxy groups -OCH3 is 1. The molecule has 1 aromatic heterocycles.